The molecule has 2 unspecified atom stereocenters. The molecule has 8 nitrogen and oxygen atoms in total. The summed E-state index contributed by atoms with van der Waals surface area (Å²) in [6, 6.07) is 13.9. The van der Waals surface area contributed by atoms with Crippen molar-refractivity contribution < 1.29 is 14.5 Å². The first-order valence-electron chi connectivity index (χ1n) is 10.1. The third-order valence-electron chi connectivity index (χ3n) is 4.94. The highest BCUT2D eigenvalue weighted by Crippen LogP contribution is 2.16. The van der Waals surface area contributed by atoms with Crippen molar-refractivity contribution in [3.63, 3.8) is 0 Å². The second-order valence-corrected chi connectivity index (χ2v) is 7.63. The lowest BCUT2D eigenvalue weighted by Crippen LogP contribution is -2.44. The monoisotopic (exact) mass is 412 g/mol. The number of rotatable bonds is 8. The van der Waals surface area contributed by atoms with E-state index in [1.807, 2.05) is 24.3 Å². The van der Waals surface area contributed by atoms with Crippen molar-refractivity contribution in [2.24, 2.45) is 0 Å². The van der Waals surface area contributed by atoms with E-state index in [-0.39, 0.29) is 23.8 Å². The van der Waals surface area contributed by atoms with Crippen molar-refractivity contribution >= 4 is 17.3 Å². The standard InChI is InChI=1S/C22H28N4O4/c1-16-13-25(14-17(2)30-16)15-18-3-5-19(6-4-18)22(27)24-12-11-23-20-7-9-21(10-8-20)26(28)29/h3-10,16-17,23H,11-15H2,1-2H3,(H,24,27). The van der Waals surface area contributed by atoms with Crippen molar-refractivity contribution in [3.8, 4) is 0 Å². The Kier molecular flexibility index (Phi) is 7.37. The van der Waals surface area contributed by atoms with Crippen LogP contribution in [0.1, 0.15) is 29.8 Å². The van der Waals surface area contributed by atoms with Crippen LogP contribution in [0.3, 0.4) is 0 Å². The van der Waals surface area contributed by atoms with Gasteiger partial charge in [0.15, 0.2) is 0 Å². The van der Waals surface area contributed by atoms with Gasteiger partial charge in [-0.2, -0.15) is 0 Å². The Morgan fingerprint density at radius 3 is 2.30 bits per heavy atom. The molecule has 160 valence electrons. The fraction of sp³-hybridized carbons (Fsp3) is 0.409. The minimum atomic E-state index is -0.433. The molecule has 3 rings (SSSR count). The Labute approximate surface area is 176 Å². The predicted octanol–water partition coefficient (Wildman–Crippen LogP) is 3.05. The molecule has 0 saturated carbocycles. The smallest absolute Gasteiger partial charge is 0.269 e. The molecule has 1 aliphatic heterocycles. The topological polar surface area (TPSA) is 96.7 Å². The summed E-state index contributed by atoms with van der Waals surface area (Å²) in [4.78, 5) is 24.9. The van der Waals surface area contributed by atoms with Crippen LogP contribution in [0, 0.1) is 10.1 Å². The summed E-state index contributed by atoms with van der Waals surface area (Å²) in [6.07, 6.45) is 0.469. The first-order chi connectivity index (χ1) is 14.4. The number of amides is 1. The summed E-state index contributed by atoms with van der Waals surface area (Å²) in [5.74, 6) is -0.124. The molecule has 1 fully saturated rings. The molecule has 30 heavy (non-hydrogen) atoms. The van der Waals surface area contributed by atoms with Crippen molar-refractivity contribution in [3.05, 3.63) is 69.8 Å². The fourth-order valence-corrected chi connectivity index (χ4v) is 3.62. The van der Waals surface area contributed by atoms with Gasteiger partial charge >= 0.3 is 0 Å². The molecule has 2 N–H and O–H groups in total. The predicted molar refractivity (Wildman–Crippen MR) is 116 cm³/mol. The van der Waals surface area contributed by atoms with Gasteiger partial charge in [-0.25, -0.2) is 0 Å². The van der Waals surface area contributed by atoms with E-state index in [0.29, 0.717) is 18.7 Å². The van der Waals surface area contributed by atoms with Crippen LogP contribution >= 0.6 is 0 Å². The van der Waals surface area contributed by atoms with E-state index in [1.165, 1.54) is 17.7 Å². The molecule has 1 amide bonds. The minimum Gasteiger partial charge on any atom is -0.383 e. The molecule has 1 aliphatic rings. The minimum absolute atomic E-state index is 0.0509. The Bertz CT molecular complexity index is 844. The van der Waals surface area contributed by atoms with Crippen LogP contribution in [0.25, 0.3) is 0 Å². The molecule has 1 saturated heterocycles. The number of non-ortho nitro benzene ring substituents is 1. The molecular weight excluding hydrogens is 384 g/mol. The van der Waals surface area contributed by atoms with Gasteiger partial charge in [-0.1, -0.05) is 12.1 Å². The van der Waals surface area contributed by atoms with Gasteiger partial charge < -0.3 is 15.4 Å². The van der Waals surface area contributed by atoms with Gasteiger partial charge in [-0.15, -0.1) is 0 Å². The van der Waals surface area contributed by atoms with Gasteiger partial charge in [0.25, 0.3) is 11.6 Å². The van der Waals surface area contributed by atoms with Gasteiger partial charge in [-0.3, -0.25) is 19.8 Å². The first kappa shape index (κ1) is 21.7. The van der Waals surface area contributed by atoms with Gasteiger partial charge in [0.1, 0.15) is 0 Å². The summed E-state index contributed by atoms with van der Waals surface area (Å²) >= 11 is 0. The zero-order valence-corrected chi connectivity index (χ0v) is 17.3. The average molecular weight is 412 g/mol. The van der Waals surface area contributed by atoms with Gasteiger partial charge in [0.05, 0.1) is 17.1 Å². The van der Waals surface area contributed by atoms with E-state index in [0.717, 1.165) is 25.3 Å². The summed E-state index contributed by atoms with van der Waals surface area (Å²) in [7, 11) is 0. The highest BCUT2D eigenvalue weighted by atomic mass is 16.6. The second kappa shape index (κ2) is 10.2. The number of hydrogen-bond acceptors (Lipinski definition) is 6. The van der Waals surface area contributed by atoms with Gasteiger partial charge in [0.2, 0.25) is 0 Å². The number of nitrogens with one attached hydrogen (secondary N) is 2. The Balaban J connectivity index is 1.41. The highest BCUT2D eigenvalue weighted by molar-refractivity contribution is 5.94. The van der Waals surface area contributed by atoms with E-state index in [9.17, 15) is 14.9 Å². The second-order valence-electron chi connectivity index (χ2n) is 7.63. The number of anilines is 1. The molecule has 8 heteroatoms. The van der Waals surface area contributed by atoms with Crippen molar-refractivity contribution in [1.82, 2.24) is 10.2 Å². The molecule has 2 aromatic carbocycles. The van der Waals surface area contributed by atoms with Crippen LogP contribution in [-0.4, -0.2) is 54.1 Å². The lowest BCUT2D eigenvalue weighted by atomic mass is 10.1. The fourth-order valence-electron chi connectivity index (χ4n) is 3.62. The zero-order valence-electron chi connectivity index (χ0n) is 17.3. The van der Waals surface area contributed by atoms with Crippen LogP contribution in [-0.2, 0) is 11.3 Å². The lowest BCUT2D eigenvalue weighted by molar-refractivity contribution is -0.384. The molecule has 0 aromatic heterocycles. The maximum atomic E-state index is 12.3. The summed E-state index contributed by atoms with van der Waals surface area (Å²) in [6.45, 7) is 7.82. The van der Waals surface area contributed by atoms with E-state index in [1.54, 1.807) is 12.1 Å². The number of hydrogen-bond donors (Lipinski definition) is 2. The van der Waals surface area contributed by atoms with E-state index in [2.05, 4.69) is 29.4 Å². The van der Waals surface area contributed by atoms with Crippen LogP contribution in [0.4, 0.5) is 11.4 Å². The number of carbonyl (C=O) groups is 1. The number of morpholine rings is 1. The van der Waals surface area contributed by atoms with Crippen LogP contribution in [0.2, 0.25) is 0 Å². The highest BCUT2D eigenvalue weighted by Gasteiger charge is 2.22. The lowest BCUT2D eigenvalue weighted by Gasteiger charge is -2.35. The van der Waals surface area contributed by atoms with Crippen LogP contribution < -0.4 is 10.6 Å². The van der Waals surface area contributed by atoms with Gasteiger partial charge in [0, 0.05) is 56.1 Å². The average Bonchev–Trinajstić information content (AvgIpc) is 2.71. The molecule has 0 spiro atoms. The molecule has 2 atom stereocenters. The Hall–Kier alpha value is -2.97. The van der Waals surface area contributed by atoms with Crippen LogP contribution in [0.15, 0.2) is 48.5 Å². The third-order valence-corrected chi connectivity index (χ3v) is 4.94. The number of nitro benzene ring substituents is 1. The molecule has 1 heterocycles. The summed E-state index contributed by atoms with van der Waals surface area (Å²) in [5.41, 5.74) is 2.62. The number of nitrogens with zero attached hydrogens (tertiary/aromatic N) is 2. The normalized spacial score (nSPS) is 19.3. The van der Waals surface area contributed by atoms with Crippen molar-refractivity contribution in [2.45, 2.75) is 32.6 Å². The summed E-state index contributed by atoms with van der Waals surface area (Å²) in [5, 5.41) is 16.7. The number of carbonyl (C=O) groups excluding carboxylic acids is 1. The zero-order chi connectivity index (χ0) is 21.5. The largest absolute Gasteiger partial charge is 0.383 e. The number of ether oxygens (including phenoxy) is 1. The van der Waals surface area contributed by atoms with E-state index < -0.39 is 4.92 Å². The Morgan fingerprint density at radius 1 is 1.07 bits per heavy atom. The van der Waals surface area contributed by atoms with E-state index in [4.69, 9.17) is 4.74 Å². The van der Waals surface area contributed by atoms with Crippen LogP contribution in [0.5, 0.6) is 0 Å². The molecule has 0 bridgehead atoms. The maximum Gasteiger partial charge on any atom is 0.269 e. The number of benzene rings is 2. The Morgan fingerprint density at radius 2 is 1.70 bits per heavy atom. The van der Waals surface area contributed by atoms with E-state index >= 15 is 0 Å². The number of nitro groups is 1. The summed E-state index contributed by atoms with van der Waals surface area (Å²) < 4.78 is 5.77. The first-order valence-corrected chi connectivity index (χ1v) is 10.1. The third kappa shape index (κ3) is 6.27. The molecular formula is C22H28N4O4. The molecule has 0 radical (unpaired) electrons. The maximum absolute atomic E-state index is 12.3. The molecule has 2 aromatic rings. The SMILES string of the molecule is CC1CN(Cc2ccc(C(=O)NCCNc3ccc([N+](=O)[O-])cc3)cc2)CC(C)O1. The molecule has 0 aliphatic carbocycles. The van der Waals surface area contributed by atoms with Crippen molar-refractivity contribution in [2.75, 3.05) is 31.5 Å². The van der Waals surface area contributed by atoms with Gasteiger partial charge in [-0.05, 0) is 43.7 Å². The van der Waals surface area contributed by atoms with Crippen molar-refractivity contribution in [1.29, 1.82) is 0 Å². The quantitative estimate of drug-likeness (QED) is 0.393.